The van der Waals surface area contributed by atoms with Gasteiger partial charge in [-0.1, -0.05) is 30.7 Å². The van der Waals surface area contributed by atoms with E-state index >= 15 is 0 Å². The van der Waals surface area contributed by atoms with E-state index < -0.39 is 4.92 Å². The molecular formula is C21H19ClN4O4. The van der Waals surface area contributed by atoms with Crippen LogP contribution < -0.4 is 5.56 Å². The van der Waals surface area contributed by atoms with E-state index in [9.17, 15) is 19.7 Å². The standard InChI is InChI=1S/C21H19ClN4O4/c1-2-11-25(20(27)10-7-14-5-3-4-6-18(14)26(29)30)13-19-23-17-12-15(22)8-9-16(17)21(28)24-19/h3-10,12H,2,11,13H2,1H3,(H,23,24,28)/b10-7+. The molecule has 1 N–H and O–H groups in total. The summed E-state index contributed by atoms with van der Waals surface area (Å²) in [6, 6.07) is 11.0. The first kappa shape index (κ1) is 21.2. The molecule has 30 heavy (non-hydrogen) atoms. The maximum atomic E-state index is 12.7. The number of H-pyrrole nitrogens is 1. The number of carbonyl (C=O) groups excluding carboxylic acids is 1. The third-order valence-corrected chi connectivity index (χ3v) is 4.64. The van der Waals surface area contributed by atoms with Gasteiger partial charge in [0, 0.05) is 23.7 Å². The van der Waals surface area contributed by atoms with Crippen LogP contribution in [0.25, 0.3) is 17.0 Å². The molecule has 0 radical (unpaired) electrons. The van der Waals surface area contributed by atoms with Gasteiger partial charge in [-0.25, -0.2) is 4.98 Å². The average Bonchev–Trinajstić information content (AvgIpc) is 2.71. The Labute approximate surface area is 177 Å². The van der Waals surface area contributed by atoms with Crippen LogP contribution in [0.5, 0.6) is 0 Å². The van der Waals surface area contributed by atoms with Crippen LogP contribution in [0.2, 0.25) is 5.02 Å². The molecule has 0 aliphatic carbocycles. The van der Waals surface area contributed by atoms with Crippen molar-refractivity contribution in [1.29, 1.82) is 0 Å². The third kappa shape index (κ3) is 4.90. The lowest BCUT2D eigenvalue weighted by atomic mass is 10.1. The lowest BCUT2D eigenvalue weighted by molar-refractivity contribution is -0.385. The van der Waals surface area contributed by atoms with Crippen molar-refractivity contribution in [2.45, 2.75) is 19.9 Å². The number of hydrogen-bond acceptors (Lipinski definition) is 5. The second-order valence-corrected chi connectivity index (χ2v) is 7.02. The van der Waals surface area contributed by atoms with Gasteiger partial charge >= 0.3 is 0 Å². The van der Waals surface area contributed by atoms with Crippen molar-refractivity contribution in [2.24, 2.45) is 0 Å². The molecule has 0 unspecified atom stereocenters. The Morgan fingerprint density at radius 3 is 2.80 bits per heavy atom. The smallest absolute Gasteiger partial charge is 0.276 e. The van der Waals surface area contributed by atoms with Crippen LogP contribution in [0, 0.1) is 10.1 Å². The van der Waals surface area contributed by atoms with Crippen molar-refractivity contribution in [3.63, 3.8) is 0 Å². The van der Waals surface area contributed by atoms with Crippen molar-refractivity contribution in [2.75, 3.05) is 6.54 Å². The molecule has 2 aromatic carbocycles. The second kappa shape index (κ2) is 9.32. The molecule has 3 aromatic rings. The first-order valence-electron chi connectivity index (χ1n) is 9.28. The predicted octanol–water partition coefficient (Wildman–Crippen LogP) is 3.94. The molecule has 0 aliphatic rings. The van der Waals surface area contributed by atoms with E-state index in [0.717, 1.165) is 0 Å². The molecule has 0 atom stereocenters. The van der Waals surface area contributed by atoms with Crippen molar-refractivity contribution < 1.29 is 9.72 Å². The van der Waals surface area contributed by atoms with Crippen LogP contribution in [0.15, 0.2) is 53.3 Å². The summed E-state index contributed by atoms with van der Waals surface area (Å²) >= 11 is 5.99. The fourth-order valence-electron chi connectivity index (χ4n) is 3.02. The van der Waals surface area contributed by atoms with E-state index in [1.165, 1.54) is 23.1 Å². The average molecular weight is 427 g/mol. The zero-order valence-corrected chi connectivity index (χ0v) is 16.9. The quantitative estimate of drug-likeness (QED) is 0.349. The van der Waals surface area contributed by atoms with Crippen molar-refractivity contribution in [3.8, 4) is 0 Å². The molecule has 0 saturated heterocycles. The fraction of sp³-hybridized carbons (Fsp3) is 0.190. The van der Waals surface area contributed by atoms with Gasteiger partial charge in [-0.05, 0) is 36.8 Å². The number of para-hydroxylation sites is 1. The molecule has 3 rings (SSSR count). The fourth-order valence-corrected chi connectivity index (χ4v) is 3.18. The molecule has 0 spiro atoms. The maximum absolute atomic E-state index is 12.7. The summed E-state index contributed by atoms with van der Waals surface area (Å²) in [5, 5.41) is 12.0. The van der Waals surface area contributed by atoms with Crippen LogP contribution in [-0.4, -0.2) is 32.2 Å². The van der Waals surface area contributed by atoms with Gasteiger partial charge < -0.3 is 9.88 Å². The van der Waals surface area contributed by atoms with Gasteiger partial charge in [-0.2, -0.15) is 0 Å². The summed E-state index contributed by atoms with van der Waals surface area (Å²) in [5.74, 6) is -0.0144. The maximum Gasteiger partial charge on any atom is 0.276 e. The number of hydrogen-bond donors (Lipinski definition) is 1. The number of aromatic nitrogens is 2. The summed E-state index contributed by atoms with van der Waals surface area (Å²) < 4.78 is 0. The van der Waals surface area contributed by atoms with E-state index in [1.807, 2.05) is 6.92 Å². The highest BCUT2D eigenvalue weighted by atomic mass is 35.5. The van der Waals surface area contributed by atoms with Gasteiger partial charge in [0.15, 0.2) is 0 Å². The number of nitrogens with one attached hydrogen (secondary N) is 1. The summed E-state index contributed by atoms with van der Waals surface area (Å²) in [6.45, 7) is 2.44. The highest BCUT2D eigenvalue weighted by Gasteiger charge is 2.15. The largest absolute Gasteiger partial charge is 0.332 e. The number of amides is 1. The minimum atomic E-state index is -0.497. The Bertz CT molecular complexity index is 1190. The first-order valence-corrected chi connectivity index (χ1v) is 9.65. The van der Waals surface area contributed by atoms with Crippen molar-refractivity contribution in [3.05, 3.63) is 85.4 Å². The van der Waals surface area contributed by atoms with Gasteiger partial charge in [0.2, 0.25) is 5.91 Å². The summed E-state index contributed by atoms with van der Waals surface area (Å²) in [6.07, 6.45) is 3.39. The number of halogens is 1. The Kier molecular flexibility index (Phi) is 6.58. The topological polar surface area (TPSA) is 109 Å². The Morgan fingerprint density at radius 1 is 1.30 bits per heavy atom. The SMILES string of the molecule is CCCN(Cc1nc2cc(Cl)ccc2c(=O)[nH]1)C(=O)/C=C/c1ccccc1[N+](=O)[O-]. The van der Waals surface area contributed by atoms with Crippen molar-refractivity contribution in [1.82, 2.24) is 14.9 Å². The zero-order valence-electron chi connectivity index (χ0n) is 16.2. The first-order chi connectivity index (χ1) is 14.4. The van der Waals surface area contributed by atoms with Gasteiger partial charge in [0.05, 0.1) is 27.9 Å². The number of fused-ring (bicyclic) bond motifs is 1. The molecule has 9 heteroatoms. The normalized spacial score (nSPS) is 11.1. The van der Waals surface area contributed by atoms with Gasteiger partial charge in [-0.15, -0.1) is 0 Å². The third-order valence-electron chi connectivity index (χ3n) is 4.40. The highest BCUT2D eigenvalue weighted by molar-refractivity contribution is 6.31. The van der Waals surface area contributed by atoms with Gasteiger partial charge in [0.1, 0.15) is 5.82 Å². The van der Waals surface area contributed by atoms with E-state index in [-0.39, 0.29) is 23.7 Å². The van der Waals surface area contributed by atoms with Crippen LogP contribution in [-0.2, 0) is 11.3 Å². The number of nitro groups is 1. The summed E-state index contributed by atoms with van der Waals surface area (Å²) in [7, 11) is 0. The Hall–Kier alpha value is -3.52. The Balaban J connectivity index is 1.86. The Morgan fingerprint density at radius 2 is 2.07 bits per heavy atom. The van der Waals surface area contributed by atoms with Gasteiger partial charge in [-0.3, -0.25) is 19.7 Å². The van der Waals surface area contributed by atoms with Crippen LogP contribution in [0.3, 0.4) is 0 Å². The molecule has 1 amide bonds. The van der Waals surface area contributed by atoms with Gasteiger partial charge in [0.25, 0.3) is 11.2 Å². The second-order valence-electron chi connectivity index (χ2n) is 6.58. The number of benzene rings is 2. The van der Waals surface area contributed by atoms with E-state index in [0.29, 0.717) is 40.3 Å². The number of nitrogens with zero attached hydrogens (tertiary/aromatic N) is 3. The highest BCUT2D eigenvalue weighted by Crippen LogP contribution is 2.19. The van der Waals surface area contributed by atoms with E-state index in [2.05, 4.69) is 9.97 Å². The molecule has 0 bridgehead atoms. The van der Waals surface area contributed by atoms with E-state index in [4.69, 9.17) is 11.6 Å². The molecule has 1 aromatic heterocycles. The number of aromatic amines is 1. The molecule has 0 saturated carbocycles. The number of nitro benzene ring substituents is 1. The van der Waals surface area contributed by atoms with Crippen LogP contribution >= 0.6 is 11.6 Å². The molecule has 8 nitrogen and oxygen atoms in total. The minimum absolute atomic E-state index is 0.0824. The van der Waals surface area contributed by atoms with E-state index in [1.54, 1.807) is 36.4 Å². The lowest BCUT2D eigenvalue weighted by Gasteiger charge is -2.20. The predicted molar refractivity (Wildman–Crippen MR) is 115 cm³/mol. The molecule has 0 aliphatic heterocycles. The monoisotopic (exact) mass is 426 g/mol. The van der Waals surface area contributed by atoms with Crippen molar-refractivity contribution >= 4 is 40.2 Å². The molecular weight excluding hydrogens is 408 g/mol. The summed E-state index contributed by atoms with van der Waals surface area (Å²) in [4.78, 5) is 44.3. The minimum Gasteiger partial charge on any atom is -0.332 e. The molecule has 0 fully saturated rings. The number of carbonyl (C=O) groups is 1. The molecule has 1 heterocycles. The lowest BCUT2D eigenvalue weighted by Crippen LogP contribution is -2.31. The number of rotatable bonds is 7. The van der Waals surface area contributed by atoms with Crippen LogP contribution in [0.4, 0.5) is 5.69 Å². The van der Waals surface area contributed by atoms with Crippen LogP contribution in [0.1, 0.15) is 24.7 Å². The molecule has 154 valence electrons. The zero-order chi connectivity index (χ0) is 21.7. The summed E-state index contributed by atoms with van der Waals surface area (Å²) in [5.41, 5.74) is 0.381.